The van der Waals surface area contributed by atoms with E-state index in [1.807, 2.05) is 0 Å². The monoisotopic (exact) mass is 261 g/mol. The fourth-order valence-corrected chi connectivity index (χ4v) is 0.867. The van der Waals surface area contributed by atoms with Gasteiger partial charge < -0.3 is 14.7 Å². The van der Waals surface area contributed by atoms with Gasteiger partial charge in [0.15, 0.2) is 0 Å². The number of rotatable bonds is 9. The molecule has 0 aromatic rings. The van der Waals surface area contributed by atoms with Gasteiger partial charge in [0, 0.05) is 25.3 Å². The number of esters is 1. The number of carbonyl (C=O) groups excluding carboxylic acids is 1. The van der Waals surface area contributed by atoms with E-state index < -0.39 is 5.97 Å². The minimum atomic E-state index is -0.850. The number of hydrogen-bond acceptors (Lipinski definition) is 6. The molecule has 0 spiro atoms. The molecule has 104 valence electrons. The zero-order valence-corrected chi connectivity index (χ0v) is 10.8. The van der Waals surface area contributed by atoms with Crippen LogP contribution in [0.5, 0.6) is 0 Å². The number of nitrogens with zero attached hydrogens (tertiary/aromatic N) is 3. The lowest BCUT2D eigenvalue weighted by Gasteiger charge is -2.09. The molecule has 0 aliphatic carbocycles. The summed E-state index contributed by atoms with van der Waals surface area (Å²) in [6.45, 7) is 3.58. The van der Waals surface area contributed by atoms with Crippen molar-refractivity contribution in [3.8, 4) is 0 Å². The summed E-state index contributed by atoms with van der Waals surface area (Å²) in [4.78, 5) is 25.9. The Balaban J connectivity index is 3.57. The van der Waals surface area contributed by atoms with Gasteiger partial charge in [0.1, 0.15) is 0 Å². The highest BCUT2D eigenvalue weighted by Crippen LogP contribution is 1.97. The molecule has 0 heterocycles. The Morgan fingerprint density at radius 3 is 2.61 bits per heavy atom. The fraction of sp³-hybridized carbons (Fsp3) is 0.800. The summed E-state index contributed by atoms with van der Waals surface area (Å²) in [6, 6.07) is 0. The molecule has 0 bridgehead atoms. The van der Waals surface area contributed by atoms with Crippen molar-refractivity contribution in [3.05, 3.63) is 0 Å². The summed E-state index contributed by atoms with van der Waals surface area (Å²) < 4.78 is 4.69. The molecular formula is C10H19N3O5. The van der Waals surface area contributed by atoms with Crippen LogP contribution in [0.1, 0.15) is 26.7 Å². The first-order chi connectivity index (χ1) is 8.43. The first-order valence-electron chi connectivity index (χ1n) is 5.56. The minimum absolute atomic E-state index is 0.0761. The predicted molar refractivity (Wildman–Crippen MR) is 61.2 cm³/mol. The van der Waals surface area contributed by atoms with Crippen molar-refractivity contribution in [1.82, 2.24) is 5.01 Å². The van der Waals surface area contributed by atoms with Gasteiger partial charge >= 0.3 is 11.9 Å². The molecule has 18 heavy (non-hydrogen) atoms. The maximum Gasteiger partial charge on any atom is 0.311 e. The third-order valence-electron chi connectivity index (χ3n) is 1.84. The summed E-state index contributed by atoms with van der Waals surface area (Å²) >= 11 is 0. The summed E-state index contributed by atoms with van der Waals surface area (Å²) in [6.07, 6.45) is 0.542. The summed E-state index contributed by atoms with van der Waals surface area (Å²) in [5.74, 6) is -1.44. The van der Waals surface area contributed by atoms with Crippen LogP contribution in [0.3, 0.4) is 0 Å². The maximum absolute atomic E-state index is 11.0. The molecule has 0 saturated heterocycles. The van der Waals surface area contributed by atoms with E-state index in [9.17, 15) is 9.59 Å². The van der Waals surface area contributed by atoms with Crippen molar-refractivity contribution in [1.29, 1.82) is 0 Å². The quantitative estimate of drug-likeness (QED) is 0.220. The van der Waals surface area contributed by atoms with Crippen LogP contribution in [0.15, 0.2) is 10.5 Å². The van der Waals surface area contributed by atoms with E-state index in [1.54, 1.807) is 20.9 Å². The van der Waals surface area contributed by atoms with Gasteiger partial charge in [-0.2, -0.15) is 0 Å². The van der Waals surface area contributed by atoms with Crippen molar-refractivity contribution in [2.75, 3.05) is 20.4 Å². The number of hydrogen-bond donors (Lipinski definition) is 1. The van der Waals surface area contributed by atoms with Gasteiger partial charge in [-0.05, 0) is 11.6 Å². The molecule has 0 unspecified atom stereocenters. The summed E-state index contributed by atoms with van der Waals surface area (Å²) in [7, 11) is 1.63. The van der Waals surface area contributed by atoms with Crippen LogP contribution >= 0.6 is 0 Å². The molecule has 0 fully saturated rings. The summed E-state index contributed by atoms with van der Waals surface area (Å²) in [5, 5.41) is 16.8. The van der Waals surface area contributed by atoms with E-state index in [2.05, 4.69) is 20.1 Å². The highest BCUT2D eigenvalue weighted by atomic mass is 16.8. The van der Waals surface area contributed by atoms with Gasteiger partial charge in [0.05, 0.1) is 5.92 Å². The second kappa shape index (κ2) is 9.20. The van der Waals surface area contributed by atoms with Crippen LogP contribution in [0.4, 0.5) is 0 Å². The molecule has 0 aromatic carbocycles. The highest BCUT2D eigenvalue weighted by Gasteiger charge is 2.07. The molecule has 0 aromatic heterocycles. The molecule has 0 rings (SSSR count). The van der Waals surface area contributed by atoms with Crippen LogP contribution in [0, 0.1) is 5.92 Å². The Hall–Kier alpha value is -1.86. The lowest BCUT2D eigenvalue weighted by atomic mass is 10.2. The average Bonchev–Trinajstić information content (AvgIpc) is 2.27. The minimum Gasteiger partial charge on any atom is -0.481 e. The largest absolute Gasteiger partial charge is 0.481 e. The smallest absolute Gasteiger partial charge is 0.311 e. The zero-order chi connectivity index (χ0) is 14.0. The van der Waals surface area contributed by atoms with E-state index in [0.717, 1.165) is 0 Å². The van der Waals surface area contributed by atoms with Gasteiger partial charge in [-0.3, -0.25) is 14.6 Å². The van der Waals surface area contributed by atoms with Gasteiger partial charge in [-0.25, -0.2) is 0 Å². The number of ether oxygens (including phenoxy) is 1. The zero-order valence-electron chi connectivity index (χ0n) is 10.8. The van der Waals surface area contributed by atoms with Crippen molar-refractivity contribution in [2.45, 2.75) is 26.7 Å². The molecule has 1 N–H and O–H groups in total. The molecule has 0 radical (unpaired) electrons. The molecule has 0 amide bonds. The van der Waals surface area contributed by atoms with Gasteiger partial charge in [0.25, 0.3) is 6.79 Å². The topological polar surface area (TPSA) is 101 Å². The van der Waals surface area contributed by atoms with Crippen LogP contribution < -0.4 is 0 Å². The second-order valence-corrected chi connectivity index (χ2v) is 3.91. The number of aliphatic carboxylic acids is 1. The van der Waals surface area contributed by atoms with Crippen molar-refractivity contribution >= 4 is 11.9 Å². The van der Waals surface area contributed by atoms with Gasteiger partial charge in [-0.1, -0.05) is 13.8 Å². The Morgan fingerprint density at radius 2 is 2.06 bits per heavy atom. The number of carboxylic acid groups (broad SMARTS) is 1. The highest BCUT2D eigenvalue weighted by molar-refractivity contribution is 5.71. The Morgan fingerprint density at radius 1 is 1.39 bits per heavy atom. The number of carbonyl (C=O) groups is 2. The molecular weight excluding hydrogens is 242 g/mol. The van der Waals surface area contributed by atoms with Crippen molar-refractivity contribution < 1.29 is 24.3 Å². The lowest BCUT2D eigenvalue weighted by Crippen LogP contribution is -2.14. The van der Waals surface area contributed by atoms with Gasteiger partial charge in [-0.15, -0.1) is 0 Å². The van der Waals surface area contributed by atoms with Crippen LogP contribution in [-0.2, 0) is 19.2 Å². The molecule has 0 saturated carbocycles. The fourth-order valence-electron chi connectivity index (χ4n) is 0.867. The molecule has 0 atom stereocenters. The number of carboxylic acids is 1. The average molecular weight is 261 g/mol. The maximum atomic E-state index is 11.0. The van der Waals surface area contributed by atoms with Crippen molar-refractivity contribution in [3.63, 3.8) is 0 Å². The molecule has 8 heteroatoms. The standard InChI is InChI=1S/C10H19N3O5/c1-8(2)10(16)17-7-18-12-11-13(3)6-4-5-9(14)15/h8H,4-7H2,1-3H3,(H,14,15)/b12-11-. The predicted octanol–water partition coefficient (Wildman–Crippen LogP) is 1.24. The van der Waals surface area contributed by atoms with Crippen LogP contribution in [0.2, 0.25) is 0 Å². The van der Waals surface area contributed by atoms with Crippen molar-refractivity contribution in [2.24, 2.45) is 16.4 Å². The summed E-state index contributed by atoms with van der Waals surface area (Å²) in [5.41, 5.74) is 0. The first-order valence-corrected chi connectivity index (χ1v) is 5.56. The van der Waals surface area contributed by atoms with Crippen LogP contribution in [0.25, 0.3) is 0 Å². The Bertz CT molecular complexity index is 293. The SMILES string of the molecule is CC(C)C(=O)OCO/N=N\N(C)CCCC(=O)O. The van der Waals surface area contributed by atoms with Crippen LogP contribution in [-0.4, -0.2) is 42.4 Å². The Kier molecular flexibility index (Phi) is 8.25. The molecule has 8 nitrogen and oxygen atoms in total. The van der Waals surface area contributed by atoms with Gasteiger partial charge in [0.2, 0.25) is 0 Å². The van der Waals surface area contributed by atoms with E-state index in [-0.39, 0.29) is 25.1 Å². The Labute approximate surface area is 105 Å². The molecule has 0 aliphatic rings. The third kappa shape index (κ3) is 9.37. The van der Waals surface area contributed by atoms with E-state index in [1.165, 1.54) is 5.01 Å². The van der Waals surface area contributed by atoms with E-state index in [4.69, 9.17) is 5.11 Å². The first kappa shape index (κ1) is 16.1. The molecule has 0 aliphatic heterocycles. The van der Waals surface area contributed by atoms with E-state index >= 15 is 0 Å². The van der Waals surface area contributed by atoms with E-state index in [0.29, 0.717) is 13.0 Å². The second-order valence-electron chi connectivity index (χ2n) is 3.91. The lowest BCUT2D eigenvalue weighted by molar-refractivity contribution is -0.161. The third-order valence-corrected chi connectivity index (χ3v) is 1.84. The normalized spacial score (nSPS) is 10.7.